The van der Waals surface area contributed by atoms with Crippen LogP contribution < -0.4 is 4.18 Å². The maximum absolute atomic E-state index is 12.8. The van der Waals surface area contributed by atoms with Crippen molar-refractivity contribution in [2.75, 3.05) is 14.2 Å². The minimum absolute atomic E-state index is 0.118. The van der Waals surface area contributed by atoms with E-state index in [1.165, 1.54) is 0 Å². The maximum atomic E-state index is 12.8. The molecule has 0 unspecified atom stereocenters. The standard InChI is InChI=1S/C10H6F6O5S.C9H7F3O3/c1-20-8(17)5-2-3-7(6(4-5)9(11,12)13)21-22(18,19)10(14,15)16;1-15-8(14)5-2-3-7(13)6(4-5)9(10,11)12/h2-4H,1H3;2-4,13H,1H3. The fourth-order valence-electron chi connectivity index (χ4n) is 2.24. The summed E-state index contributed by atoms with van der Waals surface area (Å²) in [6, 6.07) is 3.42. The highest BCUT2D eigenvalue weighted by molar-refractivity contribution is 7.88. The van der Waals surface area contributed by atoms with Gasteiger partial charge >= 0.3 is 39.9 Å². The second kappa shape index (κ2) is 11.1. The van der Waals surface area contributed by atoms with E-state index in [0.717, 1.165) is 26.4 Å². The summed E-state index contributed by atoms with van der Waals surface area (Å²) in [5, 5.41) is 8.95. The summed E-state index contributed by atoms with van der Waals surface area (Å²) >= 11 is 0. The predicted octanol–water partition coefficient (Wildman–Crippen LogP) is 4.92. The summed E-state index contributed by atoms with van der Waals surface area (Å²) in [6.07, 6.45) is -9.96. The van der Waals surface area contributed by atoms with E-state index < -0.39 is 68.1 Å². The summed E-state index contributed by atoms with van der Waals surface area (Å²) in [4.78, 5) is 22.1. The van der Waals surface area contributed by atoms with Crippen molar-refractivity contribution in [2.24, 2.45) is 0 Å². The van der Waals surface area contributed by atoms with Gasteiger partial charge in [-0.25, -0.2) is 9.59 Å². The van der Waals surface area contributed by atoms with E-state index in [2.05, 4.69) is 13.7 Å². The van der Waals surface area contributed by atoms with Crippen molar-refractivity contribution in [3.8, 4) is 11.5 Å². The number of hydrogen-bond acceptors (Lipinski definition) is 8. The van der Waals surface area contributed by atoms with Crippen molar-refractivity contribution < 1.29 is 76.3 Å². The van der Waals surface area contributed by atoms with Gasteiger partial charge in [0, 0.05) is 0 Å². The van der Waals surface area contributed by atoms with Gasteiger partial charge < -0.3 is 18.8 Å². The van der Waals surface area contributed by atoms with E-state index in [1.54, 1.807) is 0 Å². The van der Waals surface area contributed by atoms with Crippen molar-refractivity contribution in [2.45, 2.75) is 17.9 Å². The highest BCUT2D eigenvalue weighted by Crippen LogP contribution is 2.39. The lowest BCUT2D eigenvalue weighted by Gasteiger charge is -2.15. The highest BCUT2D eigenvalue weighted by Gasteiger charge is 2.49. The molecule has 1 N–H and O–H groups in total. The third-order valence-corrected chi connectivity index (χ3v) is 4.88. The Morgan fingerprint density at radius 3 is 1.51 bits per heavy atom. The Labute approximate surface area is 201 Å². The topological polar surface area (TPSA) is 116 Å². The summed E-state index contributed by atoms with van der Waals surface area (Å²) in [6.45, 7) is 0. The zero-order chi connectivity index (χ0) is 29.0. The van der Waals surface area contributed by atoms with Crippen LogP contribution in [-0.2, 0) is 31.9 Å². The average Bonchev–Trinajstić information content (AvgIpc) is 2.76. The van der Waals surface area contributed by atoms with Gasteiger partial charge in [0.25, 0.3) is 0 Å². The molecule has 37 heavy (non-hydrogen) atoms. The number of carbonyl (C=O) groups excluding carboxylic acids is 2. The van der Waals surface area contributed by atoms with Gasteiger partial charge in [-0.2, -0.15) is 47.9 Å². The van der Waals surface area contributed by atoms with Gasteiger partial charge in [-0.15, -0.1) is 0 Å². The number of benzene rings is 2. The van der Waals surface area contributed by atoms with Crippen molar-refractivity contribution in [3.05, 3.63) is 58.7 Å². The van der Waals surface area contributed by atoms with Gasteiger partial charge in [-0.1, -0.05) is 0 Å². The maximum Gasteiger partial charge on any atom is 0.534 e. The minimum Gasteiger partial charge on any atom is -0.507 e. The fourth-order valence-corrected chi connectivity index (χ4v) is 2.72. The second-order valence-electron chi connectivity index (χ2n) is 6.40. The largest absolute Gasteiger partial charge is 0.534 e. The number of ether oxygens (including phenoxy) is 2. The molecule has 0 saturated heterocycles. The molecule has 0 heterocycles. The number of aromatic hydroxyl groups is 1. The molecule has 0 amide bonds. The zero-order valence-electron chi connectivity index (χ0n) is 18.1. The molecular weight excluding hydrogens is 559 g/mol. The monoisotopic (exact) mass is 572 g/mol. The van der Waals surface area contributed by atoms with Crippen molar-refractivity contribution in [1.82, 2.24) is 0 Å². The Morgan fingerprint density at radius 1 is 0.730 bits per heavy atom. The van der Waals surface area contributed by atoms with E-state index >= 15 is 0 Å². The van der Waals surface area contributed by atoms with E-state index in [1.807, 2.05) is 0 Å². The number of methoxy groups -OCH3 is 2. The van der Waals surface area contributed by atoms with E-state index in [9.17, 15) is 57.5 Å². The van der Waals surface area contributed by atoms with Crippen molar-refractivity contribution in [1.29, 1.82) is 0 Å². The van der Waals surface area contributed by atoms with Crippen LogP contribution in [0.3, 0.4) is 0 Å². The van der Waals surface area contributed by atoms with Crippen LogP contribution in [0, 0.1) is 0 Å². The van der Waals surface area contributed by atoms with E-state index in [0.29, 0.717) is 12.1 Å². The van der Waals surface area contributed by atoms with Crippen LogP contribution in [-0.4, -0.2) is 45.2 Å². The molecule has 2 aromatic carbocycles. The molecule has 0 spiro atoms. The minimum atomic E-state index is -6.29. The molecule has 0 aliphatic heterocycles. The molecule has 0 aliphatic rings. The first kappa shape index (κ1) is 31.3. The first-order chi connectivity index (χ1) is 16.7. The normalized spacial score (nSPS) is 12.2. The first-order valence-corrected chi connectivity index (χ1v) is 10.4. The van der Waals surface area contributed by atoms with Gasteiger partial charge in [0.1, 0.15) is 11.3 Å². The lowest BCUT2D eigenvalue weighted by molar-refractivity contribution is -0.139. The second-order valence-corrected chi connectivity index (χ2v) is 7.94. The van der Waals surface area contributed by atoms with Gasteiger partial charge in [0.05, 0.1) is 30.9 Å². The highest BCUT2D eigenvalue weighted by atomic mass is 32.2. The summed E-state index contributed by atoms with van der Waals surface area (Å²) in [5.74, 6) is -4.62. The lowest BCUT2D eigenvalue weighted by Crippen LogP contribution is -2.29. The Kier molecular flexibility index (Phi) is 9.43. The Balaban J connectivity index is 0.000000397. The van der Waals surface area contributed by atoms with Crippen LogP contribution in [0.15, 0.2) is 36.4 Å². The molecule has 8 nitrogen and oxygen atoms in total. The van der Waals surface area contributed by atoms with Crippen LogP contribution >= 0.6 is 0 Å². The molecule has 2 rings (SSSR count). The first-order valence-electron chi connectivity index (χ1n) is 8.94. The summed E-state index contributed by atoms with van der Waals surface area (Å²) < 4.78 is 145. The SMILES string of the molecule is COC(=O)c1ccc(O)c(C(F)(F)F)c1.COC(=O)c1ccc(OS(=O)(=O)C(F)(F)F)c(C(F)(F)F)c1. The number of halogens is 9. The Morgan fingerprint density at radius 2 is 1.14 bits per heavy atom. The molecular formula is C19H13F9O8S. The van der Waals surface area contributed by atoms with E-state index in [-0.39, 0.29) is 17.7 Å². The predicted molar refractivity (Wildman–Crippen MR) is 103 cm³/mol. The van der Waals surface area contributed by atoms with Gasteiger partial charge in [0.15, 0.2) is 5.75 Å². The molecule has 0 saturated carbocycles. The van der Waals surface area contributed by atoms with Gasteiger partial charge in [-0.3, -0.25) is 0 Å². The van der Waals surface area contributed by atoms with Crippen LogP contribution in [0.5, 0.6) is 11.5 Å². The third-order valence-electron chi connectivity index (χ3n) is 3.91. The number of phenols is 1. The lowest BCUT2D eigenvalue weighted by atomic mass is 10.1. The Bertz CT molecular complexity index is 1250. The molecule has 2 aromatic rings. The molecule has 206 valence electrons. The van der Waals surface area contributed by atoms with Gasteiger partial charge in [0.2, 0.25) is 0 Å². The molecule has 0 bridgehead atoms. The zero-order valence-corrected chi connectivity index (χ0v) is 18.9. The fraction of sp³-hybridized carbons (Fsp3) is 0.263. The molecule has 0 atom stereocenters. The average molecular weight is 572 g/mol. The number of rotatable bonds is 4. The third kappa shape index (κ3) is 8.16. The summed E-state index contributed by atoms with van der Waals surface area (Å²) in [5.41, 5.74) is -9.94. The van der Waals surface area contributed by atoms with Crippen molar-refractivity contribution in [3.63, 3.8) is 0 Å². The number of phenolic OH excluding ortho intramolecular Hbond substituents is 1. The quantitative estimate of drug-likeness (QED) is 0.238. The molecule has 0 radical (unpaired) electrons. The number of esters is 2. The molecule has 0 aromatic heterocycles. The van der Waals surface area contributed by atoms with Crippen LogP contribution in [0.1, 0.15) is 31.8 Å². The van der Waals surface area contributed by atoms with E-state index in [4.69, 9.17) is 5.11 Å². The Hall–Kier alpha value is -3.70. The smallest absolute Gasteiger partial charge is 0.507 e. The van der Waals surface area contributed by atoms with Crippen LogP contribution in [0.4, 0.5) is 39.5 Å². The van der Waals surface area contributed by atoms with Crippen molar-refractivity contribution >= 4 is 22.1 Å². The summed E-state index contributed by atoms with van der Waals surface area (Å²) in [7, 11) is -4.36. The molecule has 0 fully saturated rings. The van der Waals surface area contributed by atoms with Crippen LogP contribution in [0.2, 0.25) is 0 Å². The molecule has 18 heteroatoms. The number of alkyl halides is 9. The number of carbonyl (C=O) groups is 2. The van der Waals surface area contributed by atoms with Gasteiger partial charge in [-0.05, 0) is 36.4 Å². The molecule has 0 aliphatic carbocycles. The number of hydrogen-bond donors (Lipinski definition) is 1. The van der Waals surface area contributed by atoms with Crippen LogP contribution in [0.25, 0.3) is 0 Å².